The Balaban J connectivity index is 0.000000302. The van der Waals surface area contributed by atoms with Crippen molar-refractivity contribution >= 4 is 6.15 Å². The van der Waals surface area contributed by atoms with E-state index in [4.69, 9.17) is 21.0 Å². The molecule has 0 saturated heterocycles. The molecule has 0 aliphatic rings. The summed E-state index contributed by atoms with van der Waals surface area (Å²) in [5, 5.41) is 32.3. The minimum atomic E-state index is -2.72. The molecule has 1 heterocycles. The third kappa shape index (κ3) is 3.70. The molecule has 17 heavy (non-hydrogen) atoms. The summed E-state index contributed by atoms with van der Waals surface area (Å²) in [4.78, 5) is 0. The molecule has 0 atom stereocenters. The lowest BCUT2D eigenvalue weighted by molar-refractivity contribution is -0.753. The van der Waals surface area contributed by atoms with E-state index in [2.05, 4.69) is 22.5 Å². The lowest BCUT2D eigenvalue weighted by atomic mass is 9.30. The van der Waals surface area contributed by atoms with E-state index in [0.717, 1.165) is 6.54 Å². The minimum absolute atomic E-state index is 1.05. The van der Waals surface area contributed by atoms with Crippen molar-refractivity contribution < 1.29 is 4.68 Å². The molecule has 0 spiro atoms. The van der Waals surface area contributed by atoms with Crippen LogP contribution in [0.5, 0.6) is 0 Å². The number of nitrogens with zero attached hydrogens (tertiary/aromatic N) is 6. The van der Waals surface area contributed by atoms with Crippen LogP contribution in [0.3, 0.4) is 0 Å². The van der Waals surface area contributed by atoms with Gasteiger partial charge in [-0.1, -0.05) is 0 Å². The SMILES string of the molecule is CCn1ccc[n+]1C.N#C[B-](C#N)(C#N)C#N. The van der Waals surface area contributed by atoms with Crippen LogP contribution in [0.4, 0.5) is 0 Å². The van der Waals surface area contributed by atoms with Gasteiger partial charge in [0.15, 0.2) is 13.2 Å². The summed E-state index contributed by atoms with van der Waals surface area (Å²) in [7, 11) is 2.03. The summed E-state index contributed by atoms with van der Waals surface area (Å²) in [5.74, 6) is 5.38. The number of rotatable bonds is 1. The lowest BCUT2D eigenvalue weighted by Gasteiger charge is -1.98. The lowest BCUT2D eigenvalue weighted by Crippen LogP contribution is -2.37. The maximum atomic E-state index is 8.09. The number of hydrogen-bond acceptors (Lipinski definition) is 4. The Labute approximate surface area is 100 Å². The quantitative estimate of drug-likeness (QED) is 0.497. The molecule has 84 valence electrons. The normalized spacial score (nSPS) is 8.59. The molecule has 0 radical (unpaired) electrons. The van der Waals surface area contributed by atoms with Crippen molar-refractivity contribution in [3.05, 3.63) is 18.5 Å². The van der Waals surface area contributed by atoms with Gasteiger partial charge < -0.3 is 0 Å². The molecule has 1 aromatic rings. The Bertz CT molecular complexity index is 471. The molecule has 0 bridgehead atoms. The Morgan fingerprint density at radius 2 is 1.59 bits per heavy atom. The topological polar surface area (TPSA) is 104 Å². The van der Waals surface area contributed by atoms with Crippen LogP contribution in [0.1, 0.15) is 6.92 Å². The predicted molar refractivity (Wildman–Crippen MR) is 59.5 cm³/mol. The molecule has 0 fully saturated rings. The van der Waals surface area contributed by atoms with Gasteiger partial charge in [-0.15, -0.1) is 28.6 Å². The maximum absolute atomic E-state index is 8.09. The van der Waals surface area contributed by atoms with E-state index < -0.39 is 6.15 Å². The predicted octanol–water partition coefficient (Wildman–Crippen LogP) is 0.0188. The van der Waals surface area contributed by atoms with Crippen molar-refractivity contribution in [1.29, 1.82) is 21.0 Å². The Kier molecular flexibility index (Phi) is 5.58. The first-order valence-corrected chi connectivity index (χ1v) is 4.90. The first-order valence-electron chi connectivity index (χ1n) is 4.90. The van der Waals surface area contributed by atoms with Crippen molar-refractivity contribution in [2.75, 3.05) is 0 Å². The average Bonchev–Trinajstić information content (AvgIpc) is 2.79. The molecule has 0 saturated carbocycles. The van der Waals surface area contributed by atoms with Gasteiger partial charge in [-0.3, -0.25) is 0 Å². The minimum Gasteiger partial charge on any atom is -0.245 e. The highest BCUT2D eigenvalue weighted by atomic mass is 15.4. The van der Waals surface area contributed by atoms with E-state index in [1.807, 2.05) is 19.3 Å². The summed E-state index contributed by atoms with van der Waals surface area (Å²) in [5.41, 5.74) is 0. The van der Waals surface area contributed by atoms with E-state index in [-0.39, 0.29) is 0 Å². The molecule has 0 amide bonds. The van der Waals surface area contributed by atoms with Gasteiger partial charge in [0.1, 0.15) is 0 Å². The summed E-state index contributed by atoms with van der Waals surface area (Å²) in [6.45, 7) is 3.17. The fourth-order valence-corrected chi connectivity index (χ4v) is 0.955. The zero-order chi connectivity index (χ0) is 13.3. The van der Waals surface area contributed by atoms with Crippen molar-refractivity contribution in [1.82, 2.24) is 4.68 Å². The van der Waals surface area contributed by atoms with Crippen LogP contribution in [-0.4, -0.2) is 10.8 Å². The van der Waals surface area contributed by atoms with Crippen LogP contribution >= 0.6 is 0 Å². The summed E-state index contributed by atoms with van der Waals surface area (Å²) < 4.78 is 4.18. The zero-order valence-corrected chi connectivity index (χ0v) is 9.70. The monoisotopic (exact) mass is 226 g/mol. The standard InChI is InChI=1S/C6H11N2.C4BN4/c1-3-8-6-4-5-7(8)2;6-1-5(2-7,3-8)4-9/h4-6H,3H2,1-2H3;/q+1;-1. The van der Waals surface area contributed by atoms with Crippen LogP contribution in [0.25, 0.3) is 0 Å². The first-order chi connectivity index (χ1) is 8.09. The number of aromatic nitrogens is 2. The summed E-state index contributed by atoms with van der Waals surface area (Å²) in [6, 6.07) is 2.03. The molecule has 0 N–H and O–H groups in total. The third-order valence-corrected chi connectivity index (χ3v) is 2.06. The van der Waals surface area contributed by atoms with Gasteiger partial charge in [0.2, 0.25) is 0 Å². The van der Waals surface area contributed by atoms with Gasteiger partial charge in [0, 0.05) is 6.07 Å². The molecule has 6 nitrogen and oxygen atoms in total. The fraction of sp³-hybridized carbons (Fsp3) is 0.300. The van der Waals surface area contributed by atoms with Gasteiger partial charge in [0.05, 0.1) is 12.7 Å². The van der Waals surface area contributed by atoms with Crippen LogP contribution in [0, 0.1) is 44.9 Å². The van der Waals surface area contributed by atoms with E-state index >= 15 is 0 Å². The van der Waals surface area contributed by atoms with E-state index in [0.29, 0.717) is 0 Å². The van der Waals surface area contributed by atoms with Crippen molar-refractivity contribution in [3.63, 3.8) is 0 Å². The van der Waals surface area contributed by atoms with E-state index in [9.17, 15) is 0 Å². The molecule has 1 aromatic heterocycles. The van der Waals surface area contributed by atoms with Gasteiger partial charge in [-0.25, -0.2) is 21.0 Å². The number of aryl methyl sites for hydroxylation is 2. The van der Waals surface area contributed by atoms with E-state index in [1.54, 1.807) is 0 Å². The van der Waals surface area contributed by atoms with Crippen molar-refractivity contribution in [3.8, 4) is 23.9 Å². The Hall–Kier alpha value is -2.77. The highest BCUT2D eigenvalue weighted by molar-refractivity contribution is 7.05. The highest BCUT2D eigenvalue weighted by Crippen LogP contribution is 1.92. The third-order valence-electron chi connectivity index (χ3n) is 2.06. The summed E-state index contributed by atoms with van der Waals surface area (Å²) in [6.07, 6.45) is 1.36. The molecule has 0 unspecified atom stereocenters. The molecule has 1 rings (SSSR count). The van der Waals surface area contributed by atoms with Crippen LogP contribution in [0.15, 0.2) is 18.5 Å². The van der Waals surface area contributed by atoms with Gasteiger partial charge in [0.25, 0.3) is 0 Å². The fourth-order valence-electron chi connectivity index (χ4n) is 0.955. The number of nitriles is 4. The van der Waals surface area contributed by atoms with Gasteiger partial charge in [-0.2, -0.15) is 4.68 Å². The van der Waals surface area contributed by atoms with Crippen molar-refractivity contribution in [2.45, 2.75) is 13.5 Å². The second-order valence-corrected chi connectivity index (χ2v) is 3.20. The van der Waals surface area contributed by atoms with Crippen LogP contribution in [0.2, 0.25) is 0 Å². The van der Waals surface area contributed by atoms with E-state index in [1.165, 1.54) is 23.9 Å². The van der Waals surface area contributed by atoms with Crippen molar-refractivity contribution in [2.24, 2.45) is 7.05 Å². The second-order valence-electron chi connectivity index (χ2n) is 3.20. The average molecular weight is 226 g/mol. The molecule has 0 aliphatic heterocycles. The Morgan fingerprint density at radius 1 is 1.12 bits per heavy atom. The highest BCUT2D eigenvalue weighted by Gasteiger charge is 2.22. The Morgan fingerprint density at radius 3 is 1.71 bits per heavy atom. The first kappa shape index (κ1) is 14.2. The summed E-state index contributed by atoms with van der Waals surface area (Å²) >= 11 is 0. The molecular formula is C10H11BN6. The smallest absolute Gasteiger partial charge is 0.245 e. The molecule has 7 heteroatoms. The second kappa shape index (κ2) is 6.67. The van der Waals surface area contributed by atoms with Gasteiger partial charge >= 0.3 is 6.15 Å². The zero-order valence-electron chi connectivity index (χ0n) is 9.70. The largest absolute Gasteiger partial charge is 0.383 e. The maximum Gasteiger partial charge on any atom is 0.383 e. The molecule has 0 aromatic carbocycles. The van der Waals surface area contributed by atoms with Gasteiger partial charge in [-0.05, 0) is 6.92 Å². The molecular weight excluding hydrogens is 215 g/mol. The van der Waals surface area contributed by atoms with Crippen LogP contribution in [-0.2, 0) is 13.6 Å². The van der Waals surface area contributed by atoms with Crippen LogP contribution < -0.4 is 4.68 Å². The number of hydrogen-bond donors (Lipinski definition) is 0. The molecule has 0 aliphatic carbocycles.